The first-order valence-electron chi connectivity index (χ1n) is 11.8. The molecule has 0 saturated heterocycles. The van der Waals surface area contributed by atoms with Gasteiger partial charge in [0.25, 0.3) is 5.91 Å². The van der Waals surface area contributed by atoms with E-state index in [4.69, 9.17) is 14.2 Å². The molecule has 0 saturated carbocycles. The number of allylic oxidation sites excluding steroid dienone is 5. The van der Waals surface area contributed by atoms with Gasteiger partial charge < -0.3 is 24.4 Å². The van der Waals surface area contributed by atoms with Crippen molar-refractivity contribution in [3.05, 3.63) is 65.8 Å². The number of nitrogens with one attached hydrogen (secondary N) is 1. The fraction of sp³-hybridized carbons (Fsp3) is 0.464. The summed E-state index contributed by atoms with van der Waals surface area (Å²) in [5.74, 6) is 1.30. The molecule has 1 aliphatic rings. The molecule has 0 unspecified atom stereocenters. The minimum Gasteiger partial charge on any atom is -0.493 e. The number of nitrogens with zero attached hydrogens (tertiary/aromatic N) is 1. The summed E-state index contributed by atoms with van der Waals surface area (Å²) in [6.45, 7) is 10.4. The van der Waals surface area contributed by atoms with Crippen molar-refractivity contribution in [3.8, 4) is 17.2 Å². The lowest BCUT2D eigenvalue weighted by Gasteiger charge is -2.20. The Bertz CT molecular complexity index is 846. The summed E-state index contributed by atoms with van der Waals surface area (Å²) in [7, 11) is 6.39. The number of hydrogen-bond acceptors (Lipinski definition) is 5. The van der Waals surface area contributed by atoms with Crippen LogP contribution in [0.4, 0.5) is 0 Å². The summed E-state index contributed by atoms with van der Waals surface area (Å²) < 4.78 is 16.0. The number of rotatable bonds is 12. The average Bonchev–Trinajstić information content (AvgIpc) is 2.86. The van der Waals surface area contributed by atoms with Crippen LogP contribution in [0.2, 0.25) is 0 Å². The van der Waals surface area contributed by atoms with Gasteiger partial charge in [-0.1, -0.05) is 49.3 Å². The van der Waals surface area contributed by atoms with E-state index in [2.05, 4.69) is 43.1 Å². The van der Waals surface area contributed by atoms with Gasteiger partial charge in [-0.3, -0.25) is 4.79 Å². The lowest BCUT2D eigenvalue weighted by atomic mass is 10.0. The van der Waals surface area contributed by atoms with Crippen molar-refractivity contribution in [2.45, 2.75) is 39.5 Å². The molecule has 0 aromatic heterocycles. The third-order valence-electron chi connectivity index (χ3n) is 5.18. The Morgan fingerprint density at radius 1 is 1.15 bits per heavy atom. The number of hydrogen-bond donors (Lipinski definition) is 1. The molecule has 0 bridgehead atoms. The van der Waals surface area contributed by atoms with E-state index in [1.807, 2.05) is 13.0 Å². The van der Waals surface area contributed by atoms with Gasteiger partial charge >= 0.3 is 0 Å². The van der Waals surface area contributed by atoms with Gasteiger partial charge in [0, 0.05) is 25.7 Å². The van der Waals surface area contributed by atoms with Crippen LogP contribution < -0.4 is 19.5 Å². The molecule has 1 aliphatic carbocycles. The number of likely N-dealkylation sites (N-methyl/N-ethyl adjacent to an activating group) is 1. The Morgan fingerprint density at radius 3 is 2.32 bits per heavy atom. The molecule has 2 rings (SSSR count). The first-order chi connectivity index (χ1) is 16.4. The monoisotopic (exact) mass is 470 g/mol. The zero-order chi connectivity index (χ0) is 25.3. The Kier molecular flexibility index (Phi) is 14.2. The maximum absolute atomic E-state index is 12.8. The maximum Gasteiger partial charge on any atom is 0.254 e. The first-order valence-corrected chi connectivity index (χ1v) is 11.8. The second kappa shape index (κ2) is 16.6. The van der Waals surface area contributed by atoms with E-state index in [0.29, 0.717) is 29.4 Å². The van der Waals surface area contributed by atoms with Gasteiger partial charge in [-0.15, -0.1) is 6.58 Å². The number of carbonyl (C=O) groups is 1. The van der Waals surface area contributed by atoms with Crippen LogP contribution in [-0.4, -0.2) is 58.8 Å². The van der Waals surface area contributed by atoms with Gasteiger partial charge in [-0.2, -0.15) is 0 Å². The second-order valence-corrected chi connectivity index (χ2v) is 8.10. The highest BCUT2D eigenvalue weighted by atomic mass is 16.5. The van der Waals surface area contributed by atoms with Gasteiger partial charge in [0.05, 0.1) is 21.3 Å². The molecular formula is C28H42N2O4. The lowest BCUT2D eigenvalue weighted by molar-refractivity contribution is 0.0806. The molecule has 1 aromatic rings. The van der Waals surface area contributed by atoms with E-state index in [1.165, 1.54) is 39.7 Å². The quantitative estimate of drug-likeness (QED) is 0.320. The molecule has 0 heterocycles. The molecule has 0 spiro atoms. The van der Waals surface area contributed by atoms with Gasteiger partial charge in [-0.25, -0.2) is 0 Å². The van der Waals surface area contributed by atoms with Crippen LogP contribution in [0.5, 0.6) is 17.2 Å². The smallest absolute Gasteiger partial charge is 0.254 e. The highest BCUT2D eigenvalue weighted by molar-refractivity contribution is 5.95. The van der Waals surface area contributed by atoms with Crippen molar-refractivity contribution in [2.75, 3.05) is 48.0 Å². The molecule has 0 aliphatic heterocycles. The third kappa shape index (κ3) is 9.87. The number of methoxy groups -OCH3 is 3. The van der Waals surface area contributed by atoms with Crippen LogP contribution in [-0.2, 0) is 0 Å². The molecule has 34 heavy (non-hydrogen) atoms. The average molecular weight is 471 g/mol. The summed E-state index contributed by atoms with van der Waals surface area (Å²) >= 11 is 0. The van der Waals surface area contributed by atoms with Crippen molar-refractivity contribution < 1.29 is 19.0 Å². The van der Waals surface area contributed by atoms with Crippen molar-refractivity contribution in [2.24, 2.45) is 0 Å². The molecule has 1 amide bonds. The zero-order valence-corrected chi connectivity index (χ0v) is 21.8. The summed E-state index contributed by atoms with van der Waals surface area (Å²) in [6.07, 6.45) is 15.2. The van der Waals surface area contributed by atoms with Gasteiger partial charge in [0.15, 0.2) is 11.5 Å². The number of ether oxygens (including phenoxy) is 3. The van der Waals surface area contributed by atoms with E-state index in [-0.39, 0.29) is 5.91 Å². The SMILES string of the molecule is C=CCNCCCC.COc1cc(C(=O)N(C)C/C(C)=C/C2=CCCC=C2)cc(OC)c1OC. The van der Waals surface area contributed by atoms with Crippen molar-refractivity contribution in [1.82, 2.24) is 10.2 Å². The molecule has 1 N–H and O–H groups in total. The Morgan fingerprint density at radius 2 is 1.82 bits per heavy atom. The predicted octanol–water partition coefficient (Wildman–Crippen LogP) is 5.57. The lowest BCUT2D eigenvalue weighted by Crippen LogP contribution is -2.28. The van der Waals surface area contributed by atoms with Crippen LogP contribution in [0.3, 0.4) is 0 Å². The van der Waals surface area contributed by atoms with Gasteiger partial charge in [0.2, 0.25) is 5.75 Å². The molecule has 6 heteroatoms. The molecule has 0 radical (unpaired) electrons. The highest BCUT2D eigenvalue weighted by Crippen LogP contribution is 2.38. The maximum atomic E-state index is 12.8. The first kappa shape index (κ1) is 29.0. The molecule has 0 fully saturated rings. The fourth-order valence-electron chi connectivity index (χ4n) is 3.45. The fourth-order valence-corrected chi connectivity index (χ4v) is 3.45. The van der Waals surface area contributed by atoms with Crippen molar-refractivity contribution in [1.29, 1.82) is 0 Å². The largest absolute Gasteiger partial charge is 0.493 e. The Hall–Kier alpha value is -2.99. The molecule has 6 nitrogen and oxygen atoms in total. The van der Waals surface area contributed by atoms with Crippen LogP contribution >= 0.6 is 0 Å². The number of unbranched alkanes of at least 4 members (excludes halogenated alkanes) is 1. The van der Waals surface area contributed by atoms with Crippen LogP contribution in [0.1, 0.15) is 49.9 Å². The van der Waals surface area contributed by atoms with Gasteiger partial charge in [0.1, 0.15) is 0 Å². The minimum atomic E-state index is -0.106. The summed E-state index contributed by atoms with van der Waals surface area (Å²) in [4.78, 5) is 14.5. The molecule has 188 valence electrons. The number of amides is 1. The van der Waals surface area contributed by atoms with Crippen LogP contribution in [0.15, 0.2) is 60.2 Å². The van der Waals surface area contributed by atoms with Crippen LogP contribution in [0.25, 0.3) is 0 Å². The minimum absolute atomic E-state index is 0.106. The number of benzene rings is 1. The summed E-state index contributed by atoms with van der Waals surface area (Å²) in [5, 5.41) is 3.22. The topological polar surface area (TPSA) is 60.0 Å². The second-order valence-electron chi connectivity index (χ2n) is 8.10. The van der Waals surface area contributed by atoms with E-state index in [0.717, 1.165) is 31.5 Å². The number of carbonyl (C=O) groups excluding carboxylic acids is 1. The standard InChI is InChI=1S/C21H27NO4.C7H15N/c1-15(11-16-9-7-6-8-10-16)14-22(2)21(23)17-12-18(24-3)20(26-5)19(13-17)25-4;1-3-5-7-8-6-4-2/h7,9-13H,6,8,14H2,1-5H3;4,8H,2-3,5-7H2,1H3/b15-11+;. The Labute approximate surface area is 206 Å². The van der Waals surface area contributed by atoms with E-state index < -0.39 is 0 Å². The van der Waals surface area contributed by atoms with E-state index in [9.17, 15) is 4.79 Å². The highest BCUT2D eigenvalue weighted by Gasteiger charge is 2.19. The summed E-state index contributed by atoms with van der Waals surface area (Å²) in [6, 6.07) is 3.34. The van der Waals surface area contributed by atoms with Crippen LogP contribution in [0, 0.1) is 0 Å². The molecule has 0 atom stereocenters. The zero-order valence-electron chi connectivity index (χ0n) is 21.8. The third-order valence-corrected chi connectivity index (χ3v) is 5.18. The van der Waals surface area contributed by atoms with Crippen molar-refractivity contribution >= 4 is 5.91 Å². The summed E-state index contributed by atoms with van der Waals surface area (Å²) in [5.41, 5.74) is 2.81. The molecule has 1 aromatic carbocycles. The Balaban J connectivity index is 0.000000620. The predicted molar refractivity (Wildman–Crippen MR) is 141 cm³/mol. The molecular weight excluding hydrogens is 428 g/mol. The van der Waals surface area contributed by atoms with E-state index >= 15 is 0 Å². The van der Waals surface area contributed by atoms with Gasteiger partial charge in [-0.05, 0) is 50.4 Å². The normalized spacial score (nSPS) is 12.8. The van der Waals surface area contributed by atoms with Crippen molar-refractivity contribution in [3.63, 3.8) is 0 Å². The van der Waals surface area contributed by atoms with E-state index in [1.54, 1.807) is 24.1 Å².